The number of halogens is 3. The van der Waals surface area contributed by atoms with Gasteiger partial charge in [-0.05, 0) is 53.5 Å². The maximum Gasteiger partial charge on any atom is 0.421 e. The van der Waals surface area contributed by atoms with Crippen molar-refractivity contribution in [1.29, 1.82) is 0 Å². The number of aliphatic hydroxyl groups is 1. The lowest BCUT2D eigenvalue weighted by molar-refractivity contribution is -0.267. The van der Waals surface area contributed by atoms with E-state index in [1.54, 1.807) is 41.5 Å². The van der Waals surface area contributed by atoms with E-state index in [0.717, 1.165) is 12.1 Å². The zero-order chi connectivity index (χ0) is 26.4. The third-order valence-electron chi connectivity index (χ3n) is 4.43. The van der Waals surface area contributed by atoms with Crippen LogP contribution in [0.25, 0.3) is 0 Å². The third-order valence-corrected chi connectivity index (χ3v) is 5.78. The van der Waals surface area contributed by atoms with E-state index in [9.17, 15) is 32.1 Å². The van der Waals surface area contributed by atoms with Gasteiger partial charge in [-0.15, -0.1) is 0 Å². The first-order chi connectivity index (χ1) is 15.3. The van der Waals surface area contributed by atoms with Gasteiger partial charge < -0.3 is 19.9 Å². The molecule has 0 saturated carbocycles. The number of esters is 1. The molecule has 0 saturated heterocycles. The summed E-state index contributed by atoms with van der Waals surface area (Å²) in [6, 6.07) is 5.36. The number of benzene rings is 1. The molecule has 194 valence electrons. The van der Waals surface area contributed by atoms with Gasteiger partial charge in [-0.25, -0.2) is 9.59 Å². The lowest BCUT2D eigenvalue weighted by atomic mass is 9.90. The number of rotatable bonds is 9. The lowest BCUT2D eigenvalue weighted by Gasteiger charge is -2.31. The van der Waals surface area contributed by atoms with Crippen molar-refractivity contribution in [3.8, 4) is 0 Å². The molecule has 0 aliphatic carbocycles. The van der Waals surface area contributed by atoms with Crippen molar-refractivity contribution in [1.82, 2.24) is 5.32 Å². The molecule has 0 fully saturated rings. The summed E-state index contributed by atoms with van der Waals surface area (Å²) < 4.78 is 63.8. The molecule has 0 aliphatic rings. The van der Waals surface area contributed by atoms with Crippen LogP contribution in [0.5, 0.6) is 0 Å². The summed E-state index contributed by atoms with van der Waals surface area (Å²) in [6.45, 7) is 9.81. The van der Waals surface area contributed by atoms with Gasteiger partial charge in [0.1, 0.15) is 17.2 Å². The van der Waals surface area contributed by atoms with Crippen LogP contribution in [0.1, 0.15) is 59.9 Å². The van der Waals surface area contributed by atoms with Crippen LogP contribution in [0.4, 0.5) is 18.0 Å². The predicted molar refractivity (Wildman–Crippen MR) is 123 cm³/mol. The molecule has 7 nitrogen and oxygen atoms in total. The molecule has 0 aromatic heterocycles. The molecule has 1 aromatic rings. The van der Waals surface area contributed by atoms with Gasteiger partial charge in [0.05, 0.1) is 0 Å². The summed E-state index contributed by atoms with van der Waals surface area (Å²) >= 11 is 0. The second kappa shape index (κ2) is 11.5. The van der Waals surface area contributed by atoms with Crippen molar-refractivity contribution in [2.24, 2.45) is 0 Å². The zero-order valence-electron chi connectivity index (χ0n) is 20.3. The third kappa shape index (κ3) is 10.0. The number of alkyl carbamates (subject to hydrolysis) is 1. The fourth-order valence-electron chi connectivity index (χ4n) is 2.85. The SMILES string of the molecule is CC(C)(C)OC(=O)NC(CCS(=O)CCC(O)(c1ccccc1)C(F)(F)F)C(=O)OC(C)(C)C. The van der Waals surface area contributed by atoms with Gasteiger partial charge in [0.15, 0.2) is 5.60 Å². The van der Waals surface area contributed by atoms with Gasteiger partial charge in [-0.2, -0.15) is 13.2 Å². The van der Waals surface area contributed by atoms with Crippen molar-refractivity contribution in [2.45, 2.75) is 83.4 Å². The number of alkyl halides is 3. The van der Waals surface area contributed by atoms with Gasteiger partial charge in [-0.3, -0.25) is 4.21 Å². The molecule has 3 unspecified atom stereocenters. The van der Waals surface area contributed by atoms with Gasteiger partial charge in [-0.1, -0.05) is 30.3 Å². The second-order valence-electron chi connectivity index (χ2n) is 9.84. The van der Waals surface area contributed by atoms with Crippen LogP contribution in [0.2, 0.25) is 0 Å². The van der Waals surface area contributed by atoms with Crippen LogP contribution in [0, 0.1) is 0 Å². The highest BCUT2D eigenvalue weighted by atomic mass is 32.2. The largest absolute Gasteiger partial charge is 0.458 e. The normalized spacial score (nSPS) is 16.2. The number of nitrogens with one attached hydrogen (secondary N) is 1. The van der Waals surface area contributed by atoms with E-state index >= 15 is 0 Å². The van der Waals surface area contributed by atoms with Crippen LogP contribution < -0.4 is 5.32 Å². The van der Waals surface area contributed by atoms with Crippen LogP contribution in [0.15, 0.2) is 30.3 Å². The monoisotopic (exact) mass is 509 g/mol. The average Bonchev–Trinajstić information content (AvgIpc) is 2.66. The van der Waals surface area contributed by atoms with Crippen LogP contribution in [0.3, 0.4) is 0 Å². The molecule has 1 rings (SSSR count). The van der Waals surface area contributed by atoms with Gasteiger partial charge in [0.2, 0.25) is 0 Å². The minimum absolute atomic E-state index is 0.156. The summed E-state index contributed by atoms with van der Waals surface area (Å²) in [5.41, 5.74) is -5.20. The summed E-state index contributed by atoms with van der Waals surface area (Å²) in [6.07, 6.45) is -6.85. The highest BCUT2D eigenvalue weighted by Crippen LogP contribution is 2.41. The van der Waals surface area contributed by atoms with E-state index in [1.165, 1.54) is 18.2 Å². The van der Waals surface area contributed by atoms with E-state index in [1.807, 2.05) is 0 Å². The van der Waals surface area contributed by atoms with Crippen molar-refractivity contribution in [3.05, 3.63) is 35.9 Å². The molecular weight excluding hydrogens is 475 g/mol. The minimum atomic E-state index is -4.98. The maximum absolute atomic E-state index is 13.6. The Bertz CT molecular complexity index is 849. The van der Waals surface area contributed by atoms with E-state index in [0.29, 0.717) is 0 Å². The Morgan fingerprint density at radius 3 is 1.97 bits per heavy atom. The molecule has 0 aliphatic heterocycles. The Morgan fingerprint density at radius 1 is 0.971 bits per heavy atom. The summed E-state index contributed by atoms with van der Waals surface area (Å²) in [7, 11) is -1.83. The van der Waals surface area contributed by atoms with Crippen LogP contribution >= 0.6 is 0 Å². The van der Waals surface area contributed by atoms with E-state index < -0.39 is 64.1 Å². The Kier molecular flexibility index (Phi) is 10.1. The summed E-state index contributed by atoms with van der Waals surface area (Å²) in [5, 5.41) is 12.8. The van der Waals surface area contributed by atoms with Crippen molar-refractivity contribution in [3.63, 3.8) is 0 Å². The number of amides is 1. The molecule has 3 atom stereocenters. The van der Waals surface area contributed by atoms with Gasteiger partial charge in [0, 0.05) is 28.7 Å². The Labute approximate surface area is 200 Å². The molecule has 0 radical (unpaired) electrons. The first kappa shape index (κ1) is 29.9. The van der Waals surface area contributed by atoms with Crippen molar-refractivity contribution >= 4 is 22.9 Å². The maximum atomic E-state index is 13.6. The van der Waals surface area contributed by atoms with Crippen LogP contribution in [-0.2, 0) is 30.7 Å². The number of carbonyl (C=O) groups excluding carboxylic acids is 2. The zero-order valence-corrected chi connectivity index (χ0v) is 21.1. The highest BCUT2D eigenvalue weighted by molar-refractivity contribution is 7.84. The molecule has 1 amide bonds. The van der Waals surface area contributed by atoms with Crippen molar-refractivity contribution < 1.29 is 41.5 Å². The molecular formula is C23H34F3NO6S. The molecule has 0 bridgehead atoms. The van der Waals surface area contributed by atoms with Crippen molar-refractivity contribution in [2.75, 3.05) is 11.5 Å². The predicted octanol–water partition coefficient (Wildman–Crippen LogP) is 4.20. The summed E-state index contributed by atoms with van der Waals surface area (Å²) in [5.74, 6) is -1.47. The average molecular weight is 510 g/mol. The number of ether oxygens (including phenoxy) is 2. The first-order valence-electron chi connectivity index (χ1n) is 10.8. The Hall–Kier alpha value is -2.14. The number of hydrogen-bond donors (Lipinski definition) is 2. The molecule has 0 spiro atoms. The molecule has 34 heavy (non-hydrogen) atoms. The second-order valence-corrected chi connectivity index (χ2v) is 11.5. The van der Waals surface area contributed by atoms with E-state index in [4.69, 9.17) is 9.47 Å². The molecule has 1 aromatic carbocycles. The van der Waals surface area contributed by atoms with Gasteiger partial charge in [0.25, 0.3) is 0 Å². The Balaban J connectivity index is 2.87. The molecule has 0 heterocycles. The number of hydrogen-bond acceptors (Lipinski definition) is 6. The first-order valence-corrected chi connectivity index (χ1v) is 12.2. The highest BCUT2D eigenvalue weighted by Gasteiger charge is 2.54. The van der Waals surface area contributed by atoms with Crippen LogP contribution in [-0.4, -0.2) is 56.3 Å². The fourth-order valence-corrected chi connectivity index (χ4v) is 4.07. The smallest absolute Gasteiger partial charge is 0.421 e. The fraction of sp³-hybridized carbons (Fsp3) is 0.652. The van der Waals surface area contributed by atoms with E-state index in [2.05, 4.69) is 5.32 Å². The topological polar surface area (TPSA) is 102 Å². The quantitative estimate of drug-likeness (QED) is 0.484. The molecule has 2 N–H and O–H groups in total. The Morgan fingerprint density at radius 2 is 1.50 bits per heavy atom. The van der Waals surface area contributed by atoms with E-state index in [-0.39, 0.29) is 17.7 Å². The number of carbonyl (C=O) groups is 2. The van der Waals surface area contributed by atoms with Gasteiger partial charge >= 0.3 is 18.2 Å². The lowest BCUT2D eigenvalue weighted by Crippen LogP contribution is -2.46. The minimum Gasteiger partial charge on any atom is -0.458 e. The standard InChI is InChI=1S/C23H34F3NO6S/c1-20(2,3)32-18(28)17(27-19(29)33-21(4,5)6)12-14-34(31)15-13-22(30,23(24,25)26)16-10-8-7-9-11-16/h7-11,17,30H,12-15H2,1-6H3,(H,27,29). The molecule has 11 heteroatoms. The summed E-state index contributed by atoms with van der Waals surface area (Å²) in [4.78, 5) is 24.7.